The average molecular weight is 677 g/mol. The largest absolute Gasteiger partial charge is 0.872 e. The molecule has 0 aliphatic rings. The van der Waals surface area contributed by atoms with Crippen molar-refractivity contribution in [1.29, 1.82) is 0 Å². The van der Waals surface area contributed by atoms with Crippen LogP contribution in [0.3, 0.4) is 0 Å². The molecule has 0 radical (unpaired) electrons. The van der Waals surface area contributed by atoms with Gasteiger partial charge in [-0.2, -0.15) is 0 Å². The van der Waals surface area contributed by atoms with E-state index < -0.39 is 0 Å². The van der Waals surface area contributed by atoms with Crippen molar-refractivity contribution in [3.8, 4) is 17.2 Å². The predicted octanol–water partition coefficient (Wildman–Crippen LogP) is 12.0. The highest BCUT2D eigenvalue weighted by Crippen LogP contribution is 2.39. The Bertz CT molecular complexity index is 1470. The van der Waals surface area contributed by atoms with E-state index >= 15 is 0 Å². The van der Waals surface area contributed by atoms with Crippen molar-refractivity contribution in [2.45, 2.75) is 172 Å². The number of Topliss-reactive ketones (excluding diaryl/α,β-unsaturated/α-hetero) is 1. The van der Waals surface area contributed by atoms with Crippen LogP contribution in [0.4, 0.5) is 0 Å². The molecule has 0 fully saturated rings. The number of carbonyl (C=O) groups is 1. The summed E-state index contributed by atoms with van der Waals surface area (Å²) in [5.74, 6) is 0.663. The maximum Gasteiger partial charge on any atom is 0.159 e. The Hall–Kier alpha value is -3.27. The van der Waals surface area contributed by atoms with E-state index in [9.17, 15) is 20.1 Å². The highest BCUT2D eigenvalue weighted by molar-refractivity contribution is 5.94. The molecular weight excluding hydrogens is 604 g/mol. The molecule has 0 bridgehead atoms. The minimum atomic E-state index is -0.143. The van der Waals surface area contributed by atoms with E-state index in [0.29, 0.717) is 5.56 Å². The summed E-state index contributed by atoms with van der Waals surface area (Å²) in [6.45, 7) is 35.2. The summed E-state index contributed by atoms with van der Waals surface area (Å²) in [5.41, 5.74) is 6.53. The number of hydrogen-bond acceptors (Lipinski definition) is 4. The quantitative estimate of drug-likeness (QED) is 0.273. The number of phenolic OH excluding ortho intramolecular Hbond substituents is 1. The van der Waals surface area contributed by atoms with E-state index in [-0.39, 0.29) is 65.0 Å². The lowest BCUT2D eigenvalue weighted by Gasteiger charge is -2.33. The molecule has 0 saturated carbocycles. The summed E-state index contributed by atoms with van der Waals surface area (Å²) in [6, 6.07) is 14.9. The van der Waals surface area contributed by atoms with Crippen LogP contribution in [0.15, 0.2) is 48.5 Å². The number of aryl methyl sites for hydroxylation is 1. The maximum atomic E-state index is 12.4. The van der Waals surface area contributed by atoms with Gasteiger partial charge in [0.1, 0.15) is 5.75 Å². The maximum absolute atomic E-state index is 12.4. The first-order valence-electron chi connectivity index (χ1n) is 17.1. The molecule has 4 nitrogen and oxygen atoms in total. The highest BCUT2D eigenvalue weighted by atomic mass is 16.3. The van der Waals surface area contributed by atoms with Gasteiger partial charge in [-0.3, -0.25) is 4.79 Å². The molecule has 3 aromatic carbocycles. The van der Waals surface area contributed by atoms with Gasteiger partial charge in [-0.25, -0.2) is 0 Å². The second-order valence-electron chi connectivity index (χ2n) is 17.4. The Balaban J connectivity index is 0. The van der Waals surface area contributed by atoms with Crippen LogP contribution in [0.5, 0.6) is 17.2 Å². The summed E-state index contributed by atoms with van der Waals surface area (Å²) in [5, 5.41) is 34.0. The summed E-state index contributed by atoms with van der Waals surface area (Å²) in [4.78, 5) is 11.2. The van der Waals surface area contributed by atoms with Gasteiger partial charge in [0.2, 0.25) is 0 Å². The molecule has 3 aromatic rings. The van der Waals surface area contributed by atoms with Gasteiger partial charge in [0.05, 0.1) is 0 Å². The number of phenols is 1. The third-order valence-corrected chi connectivity index (χ3v) is 9.32. The normalized spacial score (nSPS) is 11.9. The first-order valence-corrected chi connectivity index (χ1v) is 17.1. The molecule has 278 valence electrons. The lowest BCUT2D eigenvalue weighted by Crippen LogP contribution is -2.21. The topological polar surface area (TPSA) is 83.4 Å². The average Bonchev–Trinajstić information content (AvgIpc) is 2.93. The van der Waals surface area contributed by atoms with Crippen molar-refractivity contribution in [3.63, 3.8) is 0 Å². The van der Waals surface area contributed by atoms with Gasteiger partial charge in [-0.1, -0.05) is 155 Å². The van der Waals surface area contributed by atoms with Crippen LogP contribution in [0.25, 0.3) is 0 Å². The van der Waals surface area contributed by atoms with Crippen LogP contribution < -0.4 is 10.2 Å². The number of hydrogen-bond donors (Lipinski definition) is 1. The van der Waals surface area contributed by atoms with E-state index in [2.05, 4.69) is 96.1 Å². The van der Waals surface area contributed by atoms with Crippen molar-refractivity contribution in [2.24, 2.45) is 0 Å². The monoisotopic (exact) mass is 677 g/mol. The van der Waals surface area contributed by atoms with Crippen molar-refractivity contribution < 1.29 is 20.1 Å². The molecule has 0 unspecified atom stereocenters. The van der Waals surface area contributed by atoms with E-state index in [1.54, 1.807) is 24.3 Å². The molecule has 0 spiro atoms. The van der Waals surface area contributed by atoms with Crippen LogP contribution in [0.1, 0.15) is 182 Å². The third-order valence-electron chi connectivity index (χ3n) is 9.32. The standard InChI is InChI=1S/C16H26O.C15H24O.C12H16O2.2CH4/c1-7-15(3,4)12-9-10-14(17)13(11-12)16(5,6)8-2;1-10-8-11(14(2,3)4)13(16)12(9-10)15(5,6)7;1-8(13)9-5-6-11(14)10(7-9)12(2,3)4;;/h9-11,17H,7-8H2,1-6H3;8-9,16H,1-7H3;5-7,14H,1-4H3;2*1H4/p-2. The van der Waals surface area contributed by atoms with Gasteiger partial charge in [-0.15, -0.1) is 11.5 Å². The second-order valence-corrected chi connectivity index (χ2v) is 17.4. The van der Waals surface area contributed by atoms with Crippen LogP contribution in [0.2, 0.25) is 0 Å². The zero-order valence-electron chi connectivity index (χ0n) is 32.7. The Morgan fingerprint density at radius 1 is 0.612 bits per heavy atom. The Morgan fingerprint density at radius 3 is 1.41 bits per heavy atom. The van der Waals surface area contributed by atoms with Crippen molar-refractivity contribution in [2.75, 3.05) is 0 Å². The summed E-state index contributed by atoms with van der Waals surface area (Å²) < 4.78 is 0. The Labute approximate surface area is 302 Å². The van der Waals surface area contributed by atoms with Crippen molar-refractivity contribution in [3.05, 3.63) is 87.5 Å². The fourth-order valence-corrected chi connectivity index (χ4v) is 5.12. The van der Waals surface area contributed by atoms with Crippen molar-refractivity contribution >= 4 is 5.78 Å². The van der Waals surface area contributed by atoms with E-state index in [1.807, 2.05) is 39.0 Å². The molecule has 1 N–H and O–H groups in total. The van der Waals surface area contributed by atoms with Crippen molar-refractivity contribution in [1.82, 2.24) is 0 Å². The zero-order valence-corrected chi connectivity index (χ0v) is 32.7. The van der Waals surface area contributed by atoms with Crippen LogP contribution in [-0.2, 0) is 27.1 Å². The van der Waals surface area contributed by atoms with Gasteiger partial charge in [0, 0.05) is 5.56 Å². The molecule has 49 heavy (non-hydrogen) atoms. The number of rotatable bonds is 5. The molecule has 0 atom stereocenters. The first-order chi connectivity index (χ1) is 21.1. The van der Waals surface area contributed by atoms with Gasteiger partial charge >= 0.3 is 0 Å². The smallest absolute Gasteiger partial charge is 0.159 e. The minimum Gasteiger partial charge on any atom is -0.872 e. The Morgan fingerprint density at radius 2 is 1.04 bits per heavy atom. The third kappa shape index (κ3) is 13.2. The number of carbonyl (C=O) groups excluding carboxylic acids is 1. The fraction of sp³-hybridized carbons (Fsp3) is 0.578. The van der Waals surface area contributed by atoms with E-state index in [1.165, 1.54) is 18.1 Å². The molecule has 0 heterocycles. The second kappa shape index (κ2) is 17.6. The Kier molecular flexibility index (Phi) is 17.2. The molecule has 0 aromatic heterocycles. The highest BCUT2D eigenvalue weighted by Gasteiger charge is 2.24. The molecule has 0 aliphatic heterocycles. The lowest BCUT2D eigenvalue weighted by molar-refractivity contribution is -0.272. The first kappa shape index (κ1) is 47.8. The molecule has 0 saturated heterocycles. The summed E-state index contributed by atoms with van der Waals surface area (Å²) in [6.07, 6.45) is 2.06. The zero-order chi connectivity index (χ0) is 36.9. The van der Waals surface area contributed by atoms with Gasteiger partial charge in [0.25, 0.3) is 0 Å². The fourth-order valence-electron chi connectivity index (χ4n) is 5.12. The van der Waals surface area contributed by atoms with Gasteiger partial charge in [0.15, 0.2) is 5.78 Å². The number of benzene rings is 3. The predicted molar refractivity (Wildman–Crippen MR) is 211 cm³/mol. The molecule has 0 aliphatic carbocycles. The SMILES string of the molecule is C.C.CC(=O)c1ccc(O)c(C(C)(C)C)c1.CCC(C)(C)c1ccc([O-])c(C(C)(C)CC)c1.Cc1cc(C(C)(C)C)c([O-])c(C(C)(C)C)c1. The summed E-state index contributed by atoms with van der Waals surface area (Å²) in [7, 11) is 0. The lowest BCUT2D eigenvalue weighted by atomic mass is 9.76. The summed E-state index contributed by atoms with van der Waals surface area (Å²) >= 11 is 0. The number of ketones is 1. The van der Waals surface area contributed by atoms with Gasteiger partial charge in [-0.05, 0) is 99.8 Å². The molecule has 4 heteroatoms. The number of aromatic hydroxyl groups is 1. The molecule has 3 rings (SSSR count). The van der Waals surface area contributed by atoms with Crippen LogP contribution in [0, 0.1) is 6.92 Å². The molecule has 0 amide bonds. The van der Waals surface area contributed by atoms with E-state index in [0.717, 1.165) is 35.1 Å². The van der Waals surface area contributed by atoms with Gasteiger partial charge < -0.3 is 15.3 Å². The van der Waals surface area contributed by atoms with Crippen LogP contribution >= 0.6 is 0 Å². The minimum absolute atomic E-state index is 0. The van der Waals surface area contributed by atoms with E-state index in [4.69, 9.17) is 0 Å². The van der Waals surface area contributed by atoms with Crippen LogP contribution in [-0.4, -0.2) is 10.9 Å². The molecular formula is C45H72O4-2.